The van der Waals surface area contributed by atoms with Gasteiger partial charge >= 0.3 is 6.18 Å². The van der Waals surface area contributed by atoms with Crippen LogP contribution in [0.2, 0.25) is 0 Å². The van der Waals surface area contributed by atoms with Gasteiger partial charge in [0.15, 0.2) is 6.04 Å². The van der Waals surface area contributed by atoms with Crippen LogP contribution in [-0.4, -0.2) is 39.2 Å². The number of amides is 3. The molecule has 46 heavy (non-hydrogen) atoms. The molecular formula is C34H29F3N6O3. The van der Waals surface area contributed by atoms with Crippen LogP contribution in [0.1, 0.15) is 51.9 Å². The second-order valence-electron chi connectivity index (χ2n) is 10.8. The lowest BCUT2D eigenvalue weighted by atomic mass is 10.0. The minimum Gasteiger partial charge on any atom is -0.354 e. The first kappa shape index (κ1) is 31.8. The van der Waals surface area contributed by atoms with Crippen molar-refractivity contribution in [2.24, 2.45) is 5.92 Å². The molecule has 0 spiro atoms. The topological polar surface area (TPSA) is 126 Å². The highest BCUT2D eigenvalue weighted by atomic mass is 19.4. The molecule has 5 aromatic rings. The van der Waals surface area contributed by atoms with Crippen molar-refractivity contribution in [3.05, 3.63) is 120 Å². The van der Waals surface area contributed by atoms with E-state index in [1.165, 1.54) is 24.4 Å². The summed E-state index contributed by atoms with van der Waals surface area (Å²) in [5, 5.41) is 8.92. The van der Waals surface area contributed by atoms with Gasteiger partial charge in [-0.3, -0.25) is 24.4 Å². The van der Waals surface area contributed by atoms with Gasteiger partial charge in [-0.05, 0) is 72.6 Å². The Balaban J connectivity index is 1.32. The summed E-state index contributed by atoms with van der Waals surface area (Å²) in [6, 6.07) is 19.6. The van der Waals surface area contributed by atoms with E-state index in [4.69, 9.17) is 0 Å². The van der Waals surface area contributed by atoms with Gasteiger partial charge in [-0.1, -0.05) is 32.0 Å². The van der Waals surface area contributed by atoms with E-state index in [0.29, 0.717) is 34.3 Å². The number of hydrogen-bond donors (Lipinski definition) is 3. The summed E-state index contributed by atoms with van der Waals surface area (Å²) in [5.41, 5.74) is 1.08. The Morgan fingerprint density at radius 3 is 2.28 bits per heavy atom. The van der Waals surface area contributed by atoms with Crippen molar-refractivity contribution in [2.75, 3.05) is 11.9 Å². The normalized spacial score (nSPS) is 12.0. The van der Waals surface area contributed by atoms with Crippen molar-refractivity contribution in [1.29, 1.82) is 0 Å². The number of carbonyl (C=O) groups is 3. The predicted octanol–water partition coefficient (Wildman–Crippen LogP) is 6.21. The van der Waals surface area contributed by atoms with E-state index >= 15 is 0 Å². The summed E-state index contributed by atoms with van der Waals surface area (Å²) in [7, 11) is 0. The van der Waals surface area contributed by atoms with E-state index in [2.05, 4.69) is 30.9 Å². The lowest BCUT2D eigenvalue weighted by molar-refractivity contribution is -0.137. The summed E-state index contributed by atoms with van der Waals surface area (Å²) >= 11 is 0. The Kier molecular flexibility index (Phi) is 9.36. The summed E-state index contributed by atoms with van der Waals surface area (Å²) in [5.74, 6) is -0.978. The third kappa shape index (κ3) is 7.52. The number of aromatic nitrogens is 3. The number of nitrogens with zero attached hydrogens (tertiary/aromatic N) is 3. The SMILES string of the molecule is CC(C)CNC(=O)[C@@H](NC(=O)c1ccc2nc(NC(=O)c3cccnc3-c3ccc(C(F)(F)F)cc3)ccc2c1)c1ccccn1. The van der Waals surface area contributed by atoms with Crippen LogP contribution in [0.3, 0.4) is 0 Å². The van der Waals surface area contributed by atoms with Crippen LogP contribution in [0.4, 0.5) is 19.0 Å². The Labute approximate surface area is 262 Å². The van der Waals surface area contributed by atoms with Gasteiger partial charge in [0.1, 0.15) is 5.82 Å². The van der Waals surface area contributed by atoms with Crippen LogP contribution in [0, 0.1) is 5.92 Å². The molecule has 2 aromatic carbocycles. The number of fused-ring (bicyclic) bond motifs is 1. The number of rotatable bonds is 9. The first-order valence-electron chi connectivity index (χ1n) is 14.3. The first-order valence-corrected chi connectivity index (χ1v) is 14.3. The molecule has 12 heteroatoms. The fraction of sp³-hybridized carbons (Fsp3) is 0.176. The van der Waals surface area contributed by atoms with Crippen LogP contribution in [0.25, 0.3) is 22.2 Å². The second kappa shape index (κ2) is 13.6. The summed E-state index contributed by atoms with van der Waals surface area (Å²) in [4.78, 5) is 52.3. The van der Waals surface area contributed by atoms with Crippen molar-refractivity contribution in [2.45, 2.75) is 26.1 Å². The molecule has 0 aliphatic heterocycles. The molecule has 3 amide bonds. The number of hydrogen-bond acceptors (Lipinski definition) is 6. The number of halogens is 3. The number of carbonyl (C=O) groups excluding carboxylic acids is 3. The highest BCUT2D eigenvalue weighted by molar-refractivity contribution is 6.08. The monoisotopic (exact) mass is 626 g/mol. The van der Waals surface area contributed by atoms with E-state index in [1.54, 1.807) is 60.8 Å². The fourth-order valence-electron chi connectivity index (χ4n) is 4.60. The lowest BCUT2D eigenvalue weighted by Crippen LogP contribution is -2.41. The van der Waals surface area contributed by atoms with E-state index in [0.717, 1.165) is 12.1 Å². The summed E-state index contributed by atoms with van der Waals surface area (Å²) in [6.45, 7) is 4.37. The zero-order valence-electron chi connectivity index (χ0n) is 24.8. The zero-order valence-corrected chi connectivity index (χ0v) is 24.8. The van der Waals surface area contributed by atoms with E-state index in [9.17, 15) is 27.6 Å². The molecule has 3 heterocycles. The molecule has 3 aromatic heterocycles. The first-order chi connectivity index (χ1) is 22.0. The van der Waals surface area contributed by atoms with Gasteiger partial charge in [0.05, 0.1) is 28.0 Å². The average Bonchev–Trinajstić information content (AvgIpc) is 3.05. The van der Waals surface area contributed by atoms with Crippen molar-refractivity contribution in [3.8, 4) is 11.3 Å². The van der Waals surface area contributed by atoms with Crippen LogP contribution in [-0.2, 0) is 11.0 Å². The van der Waals surface area contributed by atoms with Crippen LogP contribution >= 0.6 is 0 Å². The average molecular weight is 627 g/mol. The highest BCUT2D eigenvalue weighted by Gasteiger charge is 2.30. The van der Waals surface area contributed by atoms with Gasteiger partial charge in [-0.25, -0.2) is 4.98 Å². The molecule has 0 unspecified atom stereocenters. The zero-order chi connectivity index (χ0) is 32.8. The summed E-state index contributed by atoms with van der Waals surface area (Å²) < 4.78 is 39.0. The smallest absolute Gasteiger partial charge is 0.354 e. The molecule has 0 saturated carbocycles. The molecule has 0 saturated heterocycles. The van der Waals surface area contributed by atoms with E-state index in [1.807, 2.05) is 13.8 Å². The molecule has 3 N–H and O–H groups in total. The van der Waals surface area contributed by atoms with Gasteiger partial charge < -0.3 is 16.0 Å². The maximum atomic E-state index is 13.2. The van der Waals surface area contributed by atoms with Gasteiger partial charge in [-0.15, -0.1) is 0 Å². The quantitative estimate of drug-likeness (QED) is 0.179. The van der Waals surface area contributed by atoms with Crippen molar-refractivity contribution in [1.82, 2.24) is 25.6 Å². The molecule has 0 aliphatic rings. The maximum Gasteiger partial charge on any atom is 0.416 e. The molecule has 5 rings (SSSR count). The summed E-state index contributed by atoms with van der Waals surface area (Å²) in [6.07, 6.45) is -1.49. The molecule has 9 nitrogen and oxygen atoms in total. The Hall–Kier alpha value is -5.65. The van der Waals surface area contributed by atoms with E-state index in [-0.39, 0.29) is 28.9 Å². The molecule has 0 bridgehead atoms. The second-order valence-corrected chi connectivity index (χ2v) is 10.8. The minimum atomic E-state index is -4.49. The Bertz CT molecular complexity index is 1880. The molecule has 0 aliphatic carbocycles. The van der Waals surface area contributed by atoms with Crippen LogP contribution < -0.4 is 16.0 Å². The van der Waals surface area contributed by atoms with E-state index < -0.39 is 29.6 Å². The van der Waals surface area contributed by atoms with Gasteiger partial charge in [0.25, 0.3) is 11.8 Å². The largest absolute Gasteiger partial charge is 0.416 e. The van der Waals surface area contributed by atoms with Gasteiger partial charge in [0, 0.05) is 35.5 Å². The van der Waals surface area contributed by atoms with Gasteiger partial charge in [0.2, 0.25) is 5.91 Å². The fourth-order valence-corrected chi connectivity index (χ4v) is 4.60. The predicted molar refractivity (Wildman–Crippen MR) is 167 cm³/mol. The van der Waals surface area contributed by atoms with Crippen LogP contribution in [0.5, 0.6) is 0 Å². The molecule has 234 valence electrons. The van der Waals surface area contributed by atoms with Gasteiger partial charge in [-0.2, -0.15) is 13.2 Å². The molecule has 0 fully saturated rings. The number of nitrogens with one attached hydrogen (secondary N) is 3. The number of benzene rings is 2. The molecule has 0 radical (unpaired) electrons. The van der Waals surface area contributed by atoms with Crippen molar-refractivity contribution < 1.29 is 27.6 Å². The number of pyridine rings is 3. The molecular weight excluding hydrogens is 597 g/mol. The third-order valence-corrected chi connectivity index (χ3v) is 6.94. The highest BCUT2D eigenvalue weighted by Crippen LogP contribution is 2.31. The van der Waals surface area contributed by atoms with Crippen molar-refractivity contribution in [3.63, 3.8) is 0 Å². The minimum absolute atomic E-state index is 0.149. The number of alkyl halides is 3. The lowest BCUT2D eigenvalue weighted by Gasteiger charge is -2.19. The Morgan fingerprint density at radius 2 is 1.59 bits per heavy atom. The maximum absolute atomic E-state index is 13.2. The standard InChI is InChI=1S/C34H29F3N6O3/c1-20(2)19-40-33(46)30(27-7-3-4-16-38-27)43-31(44)23-10-14-26-22(18-23)11-15-28(41-26)42-32(45)25-6-5-17-39-29(25)21-8-12-24(13-9-21)34(35,36)37/h3-18,20,30H,19H2,1-2H3,(H,40,46)(H,43,44)(H,41,42,45)/t30-/m0/s1. The Morgan fingerprint density at radius 1 is 0.826 bits per heavy atom. The van der Waals surface area contributed by atoms with Crippen molar-refractivity contribution >= 4 is 34.4 Å². The third-order valence-electron chi connectivity index (χ3n) is 6.94. The molecule has 1 atom stereocenters. The van der Waals surface area contributed by atoms with Crippen LogP contribution in [0.15, 0.2) is 97.3 Å². The number of anilines is 1.